The van der Waals surface area contributed by atoms with Crippen molar-refractivity contribution in [2.24, 2.45) is 17.8 Å². The minimum atomic E-state index is -0.849. The molecular weight excluding hydrogens is 370 g/mol. The Morgan fingerprint density at radius 1 is 1.24 bits per heavy atom. The van der Waals surface area contributed by atoms with Gasteiger partial charge in [-0.15, -0.1) is 0 Å². The van der Waals surface area contributed by atoms with E-state index in [9.17, 15) is 14.9 Å². The van der Waals surface area contributed by atoms with E-state index in [0.29, 0.717) is 29.1 Å². The third-order valence-electron chi connectivity index (χ3n) is 5.33. The second kappa shape index (κ2) is 10.7. The maximum Gasteiger partial charge on any atom is 0.349 e. The van der Waals surface area contributed by atoms with Crippen LogP contribution in [0.2, 0.25) is 0 Å². The largest absolute Gasteiger partial charge is 0.497 e. The molecule has 0 aliphatic heterocycles. The standard InChI is InChI=1S/C23H29NO5/c1-15(2)20-10-5-16(3)11-21(20)29-22(25)14-28-23(26)18(13-24)12-17-6-8-19(27-4)9-7-17/h6-9,12,15-16,20-21H,5,10-11,14H2,1-4H3/b18-12-/t16-,20+,21+/m0/s1. The van der Waals surface area contributed by atoms with E-state index in [1.807, 2.05) is 6.07 Å². The number of hydrogen-bond donors (Lipinski definition) is 0. The summed E-state index contributed by atoms with van der Waals surface area (Å²) in [6.45, 7) is 5.91. The van der Waals surface area contributed by atoms with Gasteiger partial charge in [0.15, 0.2) is 6.61 Å². The number of carbonyl (C=O) groups excluding carboxylic acids is 2. The van der Waals surface area contributed by atoms with Crippen LogP contribution in [0.5, 0.6) is 5.75 Å². The van der Waals surface area contributed by atoms with Gasteiger partial charge in [0.05, 0.1) is 7.11 Å². The van der Waals surface area contributed by atoms with Crippen LogP contribution in [-0.2, 0) is 19.1 Å². The van der Waals surface area contributed by atoms with E-state index in [-0.39, 0.29) is 11.7 Å². The highest BCUT2D eigenvalue weighted by Crippen LogP contribution is 2.35. The number of carbonyl (C=O) groups is 2. The van der Waals surface area contributed by atoms with Crippen molar-refractivity contribution in [2.45, 2.75) is 46.1 Å². The summed E-state index contributed by atoms with van der Waals surface area (Å²) in [5.41, 5.74) is 0.465. The van der Waals surface area contributed by atoms with E-state index in [0.717, 1.165) is 19.3 Å². The molecule has 3 atom stereocenters. The van der Waals surface area contributed by atoms with Crippen molar-refractivity contribution in [1.29, 1.82) is 5.26 Å². The quantitative estimate of drug-likeness (QED) is 0.389. The molecule has 0 radical (unpaired) electrons. The van der Waals surface area contributed by atoms with E-state index >= 15 is 0 Å². The highest BCUT2D eigenvalue weighted by Gasteiger charge is 2.33. The molecule has 1 aromatic rings. The monoisotopic (exact) mass is 399 g/mol. The Morgan fingerprint density at radius 2 is 1.93 bits per heavy atom. The summed E-state index contributed by atoms with van der Waals surface area (Å²) >= 11 is 0. The Bertz CT molecular complexity index is 775. The third kappa shape index (κ3) is 6.63. The number of nitriles is 1. The number of esters is 2. The SMILES string of the molecule is COc1ccc(/C=C(/C#N)C(=O)OCC(=O)O[C@@H]2C[C@@H](C)CC[C@@H]2C(C)C)cc1. The number of methoxy groups -OCH3 is 1. The molecule has 0 heterocycles. The average molecular weight is 399 g/mol. The van der Waals surface area contributed by atoms with Gasteiger partial charge in [-0.1, -0.05) is 39.3 Å². The number of rotatable bonds is 7. The summed E-state index contributed by atoms with van der Waals surface area (Å²) in [5, 5.41) is 9.25. The van der Waals surface area contributed by atoms with E-state index in [1.54, 1.807) is 31.4 Å². The van der Waals surface area contributed by atoms with Gasteiger partial charge in [-0.2, -0.15) is 5.26 Å². The predicted octanol–water partition coefficient (Wildman–Crippen LogP) is 4.15. The van der Waals surface area contributed by atoms with Crippen LogP contribution >= 0.6 is 0 Å². The Hall–Kier alpha value is -2.81. The van der Waals surface area contributed by atoms with Crippen molar-refractivity contribution in [3.63, 3.8) is 0 Å². The lowest BCUT2D eigenvalue weighted by Crippen LogP contribution is -2.36. The van der Waals surface area contributed by atoms with Crippen molar-refractivity contribution in [2.75, 3.05) is 13.7 Å². The first-order valence-electron chi connectivity index (χ1n) is 9.96. The number of ether oxygens (including phenoxy) is 3. The van der Waals surface area contributed by atoms with Gasteiger partial charge in [-0.25, -0.2) is 9.59 Å². The fourth-order valence-corrected chi connectivity index (χ4v) is 3.66. The van der Waals surface area contributed by atoms with Crippen molar-refractivity contribution < 1.29 is 23.8 Å². The third-order valence-corrected chi connectivity index (χ3v) is 5.33. The molecular formula is C23H29NO5. The van der Waals surface area contributed by atoms with Gasteiger partial charge in [0.2, 0.25) is 0 Å². The van der Waals surface area contributed by atoms with Crippen molar-refractivity contribution in [3.05, 3.63) is 35.4 Å². The number of nitrogens with zero attached hydrogens (tertiary/aromatic N) is 1. The Labute approximate surface area is 172 Å². The molecule has 29 heavy (non-hydrogen) atoms. The smallest absolute Gasteiger partial charge is 0.349 e. The maximum absolute atomic E-state index is 12.2. The lowest BCUT2D eigenvalue weighted by atomic mass is 9.75. The molecule has 0 saturated heterocycles. The minimum Gasteiger partial charge on any atom is -0.497 e. The number of hydrogen-bond acceptors (Lipinski definition) is 6. The lowest BCUT2D eigenvalue weighted by Gasteiger charge is -2.36. The molecule has 6 nitrogen and oxygen atoms in total. The second-order valence-electron chi connectivity index (χ2n) is 7.87. The van der Waals surface area contributed by atoms with Gasteiger partial charge in [0, 0.05) is 0 Å². The molecule has 1 aromatic carbocycles. The van der Waals surface area contributed by atoms with Crippen LogP contribution < -0.4 is 4.74 Å². The van der Waals surface area contributed by atoms with Gasteiger partial charge in [-0.3, -0.25) is 0 Å². The summed E-state index contributed by atoms with van der Waals surface area (Å²) in [6, 6.07) is 8.69. The molecule has 0 N–H and O–H groups in total. The normalized spacial score (nSPS) is 21.9. The van der Waals surface area contributed by atoms with Crippen LogP contribution in [0.1, 0.15) is 45.6 Å². The molecule has 2 rings (SSSR count). The molecule has 0 unspecified atom stereocenters. The first-order valence-corrected chi connectivity index (χ1v) is 9.96. The Balaban J connectivity index is 1.92. The molecule has 0 spiro atoms. The zero-order valence-corrected chi connectivity index (χ0v) is 17.5. The van der Waals surface area contributed by atoms with Crippen LogP contribution in [0.25, 0.3) is 6.08 Å². The van der Waals surface area contributed by atoms with Crippen molar-refractivity contribution in [3.8, 4) is 11.8 Å². The molecule has 156 valence electrons. The zero-order valence-electron chi connectivity index (χ0n) is 17.5. The van der Waals surface area contributed by atoms with E-state index in [1.165, 1.54) is 6.08 Å². The molecule has 6 heteroatoms. The summed E-state index contributed by atoms with van der Waals surface area (Å²) in [6.07, 6.45) is 4.23. The van der Waals surface area contributed by atoms with Crippen LogP contribution in [0.3, 0.4) is 0 Å². The molecule has 1 saturated carbocycles. The second-order valence-corrected chi connectivity index (χ2v) is 7.87. The summed E-state index contributed by atoms with van der Waals surface area (Å²) in [4.78, 5) is 24.4. The fourth-order valence-electron chi connectivity index (χ4n) is 3.66. The van der Waals surface area contributed by atoms with E-state index < -0.39 is 18.5 Å². The molecule has 1 fully saturated rings. The van der Waals surface area contributed by atoms with Gasteiger partial charge >= 0.3 is 11.9 Å². The summed E-state index contributed by atoms with van der Waals surface area (Å²) < 4.78 is 15.7. The van der Waals surface area contributed by atoms with Crippen molar-refractivity contribution >= 4 is 18.0 Å². The topological polar surface area (TPSA) is 85.6 Å². The molecule has 1 aliphatic carbocycles. The molecule has 1 aliphatic rings. The molecule has 0 bridgehead atoms. The Kier molecular flexibility index (Phi) is 8.26. The highest BCUT2D eigenvalue weighted by atomic mass is 16.6. The summed E-state index contributed by atoms with van der Waals surface area (Å²) in [5.74, 6) is 0.476. The van der Waals surface area contributed by atoms with Gasteiger partial charge in [-0.05, 0) is 54.4 Å². The highest BCUT2D eigenvalue weighted by molar-refractivity contribution is 5.98. The zero-order chi connectivity index (χ0) is 21.4. The maximum atomic E-state index is 12.2. The molecule has 0 amide bonds. The lowest BCUT2D eigenvalue weighted by molar-refractivity contribution is -0.165. The minimum absolute atomic E-state index is 0.157. The fraction of sp³-hybridized carbons (Fsp3) is 0.522. The van der Waals surface area contributed by atoms with Gasteiger partial charge < -0.3 is 14.2 Å². The average Bonchev–Trinajstić information content (AvgIpc) is 2.70. The van der Waals surface area contributed by atoms with Crippen LogP contribution in [0, 0.1) is 29.1 Å². The van der Waals surface area contributed by atoms with Crippen LogP contribution in [0.4, 0.5) is 0 Å². The first kappa shape index (κ1) is 22.5. The van der Waals surface area contributed by atoms with E-state index in [2.05, 4.69) is 20.8 Å². The summed E-state index contributed by atoms with van der Waals surface area (Å²) in [7, 11) is 1.55. The van der Waals surface area contributed by atoms with Gasteiger partial charge in [0.25, 0.3) is 0 Å². The molecule has 0 aromatic heterocycles. The van der Waals surface area contributed by atoms with E-state index in [4.69, 9.17) is 14.2 Å². The Morgan fingerprint density at radius 3 is 2.52 bits per heavy atom. The van der Waals surface area contributed by atoms with Crippen molar-refractivity contribution in [1.82, 2.24) is 0 Å². The number of benzene rings is 1. The predicted molar refractivity (Wildman–Crippen MR) is 109 cm³/mol. The first-order chi connectivity index (χ1) is 13.8. The van der Waals surface area contributed by atoms with Gasteiger partial charge in [0.1, 0.15) is 23.5 Å². The van der Waals surface area contributed by atoms with Crippen LogP contribution in [-0.4, -0.2) is 31.8 Å². The van der Waals surface area contributed by atoms with Crippen LogP contribution in [0.15, 0.2) is 29.8 Å².